The van der Waals surface area contributed by atoms with Crippen molar-refractivity contribution in [2.24, 2.45) is 5.73 Å². The van der Waals surface area contributed by atoms with E-state index in [-0.39, 0.29) is 6.07 Å². The molecule has 0 heterocycles. The number of nitrogens with two attached hydrogens (primary N) is 1. The summed E-state index contributed by atoms with van der Waals surface area (Å²) < 4.78 is 99.3. The lowest BCUT2D eigenvalue weighted by Crippen LogP contribution is -2.18. The van der Waals surface area contributed by atoms with Crippen LogP contribution in [0.25, 0.3) is 0 Å². The summed E-state index contributed by atoms with van der Waals surface area (Å²) >= 11 is 0. The zero-order valence-electron chi connectivity index (χ0n) is 9.69. The Labute approximate surface area is 108 Å². The van der Waals surface area contributed by atoms with E-state index in [1.807, 2.05) is 0 Å². The van der Waals surface area contributed by atoms with Gasteiger partial charge in [0, 0.05) is 12.5 Å². The molecule has 20 heavy (non-hydrogen) atoms. The third-order valence-corrected chi connectivity index (χ3v) is 2.47. The molecular formula is C11H9F8N. The maximum absolute atomic E-state index is 12.5. The maximum atomic E-state index is 12.5. The van der Waals surface area contributed by atoms with E-state index >= 15 is 0 Å². The first kappa shape index (κ1) is 16.7. The summed E-state index contributed by atoms with van der Waals surface area (Å²) in [4.78, 5) is 0. The molecule has 1 atom stereocenters. The van der Waals surface area contributed by atoms with Crippen LogP contribution in [0.15, 0.2) is 18.2 Å². The topological polar surface area (TPSA) is 26.0 Å². The molecule has 0 fully saturated rings. The van der Waals surface area contributed by atoms with Crippen LogP contribution in [-0.2, 0) is 12.4 Å². The highest BCUT2D eigenvalue weighted by molar-refractivity contribution is 5.35. The molecule has 0 aromatic heterocycles. The van der Waals surface area contributed by atoms with Gasteiger partial charge in [-0.05, 0) is 23.8 Å². The summed E-state index contributed by atoms with van der Waals surface area (Å²) in [5.41, 5.74) is 1.42. The van der Waals surface area contributed by atoms with Crippen molar-refractivity contribution in [3.05, 3.63) is 34.9 Å². The normalized spacial score (nSPS) is 14.7. The molecule has 0 unspecified atom stereocenters. The second-order valence-corrected chi connectivity index (χ2v) is 4.07. The van der Waals surface area contributed by atoms with Crippen molar-refractivity contribution in [2.45, 2.75) is 31.2 Å². The van der Waals surface area contributed by atoms with Gasteiger partial charge in [0.1, 0.15) is 0 Å². The Morgan fingerprint density at radius 3 is 1.55 bits per heavy atom. The lowest BCUT2D eigenvalue weighted by molar-refractivity contribution is -0.143. The molecule has 114 valence electrons. The first-order valence-electron chi connectivity index (χ1n) is 5.24. The van der Waals surface area contributed by atoms with E-state index in [1.165, 1.54) is 0 Å². The summed E-state index contributed by atoms with van der Waals surface area (Å²) in [7, 11) is 0. The van der Waals surface area contributed by atoms with Crippen LogP contribution in [-0.4, -0.2) is 6.43 Å². The minimum atomic E-state index is -5.03. The number of hydrogen-bond acceptors (Lipinski definition) is 1. The third kappa shape index (κ3) is 4.32. The minimum Gasteiger partial charge on any atom is -0.324 e. The van der Waals surface area contributed by atoms with Crippen LogP contribution in [0.1, 0.15) is 29.2 Å². The molecule has 0 radical (unpaired) electrons. The lowest BCUT2D eigenvalue weighted by atomic mass is 9.98. The molecule has 0 bridgehead atoms. The first-order valence-corrected chi connectivity index (χ1v) is 5.24. The molecule has 0 aliphatic carbocycles. The fourth-order valence-corrected chi connectivity index (χ4v) is 1.52. The highest BCUT2D eigenvalue weighted by atomic mass is 19.4. The van der Waals surface area contributed by atoms with E-state index in [4.69, 9.17) is 5.73 Å². The van der Waals surface area contributed by atoms with E-state index in [9.17, 15) is 35.1 Å². The van der Waals surface area contributed by atoms with E-state index in [2.05, 4.69) is 0 Å². The zero-order valence-corrected chi connectivity index (χ0v) is 9.69. The molecule has 1 aromatic rings. The van der Waals surface area contributed by atoms with Gasteiger partial charge in [0.25, 0.3) is 0 Å². The SMILES string of the molecule is N[C@H](CC(F)F)c1cc(C(F)(F)F)cc(C(F)(F)F)c1. The Kier molecular flexibility index (Phi) is 4.62. The molecule has 1 nitrogen and oxygen atoms in total. The van der Waals surface area contributed by atoms with Crippen LogP contribution < -0.4 is 5.73 Å². The van der Waals surface area contributed by atoms with Crippen molar-refractivity contribution in [2.75, 3.05) is 0 Å². The van der Waals surface area contributed by atoms with Crippen LogP contribution >= 0.6 is 0 Å². The molecular weight excluding hydrogens is 298 g/mol. The molecule has 0 aliphatic heterocycles. The molecule has 0 amide bonds. The standard InChI is InChI=1S/C11H9F8N/c12-9(13)4-8(20)5-1-6(10(14,15)16)3-7(2-5)11(17,18)19/h1-3,8-9H,4,20H2/t8-/m1/s1. The fraction of sp³-hybridized carbons (Fsp3) is 0.455. The van der Waals surface area contributed by atoms with Crippen molar-refractivity contribution in [3.8, 4) is 0 Å². The average Bonchev–Trinajstić information content (AvgIpc) is 2.25. The van der Waals surface area contributed by atoms with Gasteiger partial charge < -0.3 is 5.73 Å². The van der Waals surface area contributed by atoms with Crippen molar-refractivity contribution >= 4 is 0 Å². The molecule has 9 heteroatoms. The van der Waals surface area contributed by atoms with Gasteiger partial charge in [-0.2, -0.15) is 26.3 Å². The summed E-state index contributed by atoms with van der Waals surface area (Å²) in [5, 5.41) is 0. The van der Waals surface area contributed by atoms with E-state index in [1.54, 1.807) is 0 Å². The maximum Gasteiger partial charge on any atom is 0.416 e. The average molecular weight is 307 g/mol. The highest BCUT2D eigenvalue weighted by Gasteiger charge is 2.37. The predicted molar refractivity (Wildman–Crippen MR) is 54.0 cm³/mol. The zero-order chi connectivity index (χ0) is 15.7. The molecule has 0 spiro atoms. The summed E-state index contributed by atoms with van der Waals surface area (Å²) in [6.45, 7) is 0. The van der Waals surface area contributed by atoms with Gasteiger partial charge >= 0.3 is 12.4 Å². The Morgan fingerprint density at radius 1 is 0.850 bits per heavy atom. The number of alkyl halides is 8. The summed E-state index contributed by atoms with van der Waals surface area (Å²) in [6, 6.07) is -0.998. The van der Waals surface area contributed by atoms with E-state index in [0.717, 1.165) is 0 Å². The van der Waals surface area contributed by atoms with E-state index < -0.39 is 47.9 Å². The minimum absolute atomic E-state index is 0.0847. The van der Waals surface area contributed by atoms with Crippen molar-refractivity contribution < 1.29 is 35.1 Å². The van der Waals surface area contributed by atoms with Gasteiger partial charge in [-0.25, -0.2) is 8.78 Å². The molecule has 0 saturated carbocycles. The monoisotopic (exact) mass is 307 g/mol. The van der Waals surface area contributed by atoms with Gasteiger partial charge in [-0.15, -0.1) is 0 Å². The Morgan fingerprint density at radius 2 is 1.25 bits per heavy atom. The van der Waals surface area contributed by atoms with Crippen molar-refractivity contribution in [3.63, 3.8) is 0 Å². The third-order valence-electron chi connectivity index (χ3n) is 2.47. The van der Waals surface area contributed by atoms with Crippen molar-refractivity contribution in [1.82, 2.24) is 0 Å². The van der Waals surface area contributed by atoms with Crippen molar-refractivity contribution in [1.29, 1.82) is 0 Å². The Bertz CT molecular complexity index is 430. The fourth-order valence-electron chi connectivity index (χ4n) is 1.52. The Balaban J connectivity index is 3.31. The van der Waals surface area contributed by atoms with Gasteiger partial charge in [0.15, 0.2) is 0 Å². The number of benzene rings is 1. The second kappa shape index (κ2) is 5.55. The first-order chi connectivity index (χ1) is 8.91. The van der Waals surface area contributed by atoms with Crippen LogP contribution in [0.4, 0.5) is 35.1 Å². The second-order valence-electron chi connectivity index (χ2n) is 4.07. The molecule has 2 N–H and O–H groups in total. The number of rotatable bonds is 3. The number of halogens is 8. The molecule has 1 rings (SSSR count). The van der Waals surface area contributed by atoms with Crippen LogP contribution in [0.5, 0.6) is 0 Å². The lowest BCUT2D eigenvalue weighted by Gasteiger charge is -2.17. The highest BCUT2D eigenvalue weighted by Crippen LogP contribution is 2.37. The van der Waals surface area contributed by atoms with Gasteiger partial charge in [-0.3, -0.25) is 0 Å². The molecule has 0 aliphatic rings. The van der Waals surface area contributed by atoms with Gasteiger partial charge in [-0.1, -0.05) is 0 Å². The van der Waals surface area contributed by atoms with E-state index in [0.29, 0.717) is 12.1 Å². The number of hydrogen-bond donors (Lipinski definition) is 1. The van der Waals surface area contributed by atoms with Crippen LogP contribution in [0.2, 0.25) is 0 Å². The quantitative estimate of drug-likeness (QED) is 0.824. The summed E-state index contributed by atoms with van der Waals surface area (Å²) in [6.07, 6.45) is -14.0. The van der Waals surface area contributed by atoms with Gasteiger partial charge in [0.2, 0.25) is 6.43 Å². The Hall–Kier alpha value is -1.38. The molecule has 0 saturated heterocycles. The smallest absolute Gasteiger partial charge is 0.324 e. The van der Waals surface area contributed by atoms with Crippen LogP contribution in [0.3, 0.4) is 0 Å². The van der Waals surface area contributed by atoms with Gasteiger partial charge in [0.05, 0.1) is 11.1 Å². The largest absolute Gasteiger partial charge is 0.416 e. The predicted octanol–water partition coefficient (Wildman–Crippen LogP) is 4.38. The summed E-state index contributed by atoms with van der Waals surface area (Å²) in [5.74, 6) is 0. The van der Waals surface area contributed by atoms with Crippen LogP contribution in [0, 0.1) is 0 Å². The molecule has 1 aromatic carbocycles.